The zero-order chi connectivity index (χ0) is 13.9. The Morgan fingerprint density at radius 3 is 2.75 bits per heavy atom. The summed E-state index contributed by atoms with van der Waals surface area (Å²) in [6.45, 7) is 6.35. The first kappa shape index (κ1) is 13.0. The summed E-state index contributed by atoms with van der Waals surface area (Å²) >= 11 is 0. The first-order chi connectivity index (χ1) is 9.74. The second kappa shape index (κ2) is 5.55. The van der Waals surface area contributed by atoms with Crippen LogP contribution in [0.4, 0.5) is 0 Å². The topological polar surface area (TPSA) is 30.5 Å². The molecule has 0 saturated heterocycles. The first-order valence-electron chi connectivity index (χ1n) is 6.88. The second-order valence-corrected chi connectivity index (χ2v) is 5.15. The minimum Gasteiger partial charge on any atom is -0.454 e. The molecular weight excluding hydrogens is 250 g/mol. The molecule has 0 unspecified atom stereocenters. The van der Waals surface area contributed by atoms with Crippen molar-refractivity contribution in [2.75, 3.05) is 6.79 Å². The molecule has 1 aliphatic rings. The number of hydrogen-bond acceptors (Lipinski definition) is 3. The maximum Gasteiger partial charge on any atom is 0.231 e. The standard InChI is InChI=1S/C17H19NO2/c1-12-4-3-5-15(13(12)2)10-18-9-14-6-7-16-17(8-14)20-11-19-16/h3-8,18H,9-11H2,1-2H3. The molecule has 0 aliphatic carbocycles. The van der Waals surface area contributed by atoms with Crippen LogP contribution < -0.4 is 14.8 Å². The van der Waals surface area contributed by atoms with Gasteiger partial charge in [0.15, 0.2) is 11.5 Å². The summed E-state index contributed by atoms with van der Waals surface area (Å²) in [5.74, 6) is 1.68. The molecule has 104 valence electrons. The molecule has 20 heavy (non-hydrogen) atoms. The van der Waals surface area contributed by atoms with Crippen LogP contribution in [0, 0.1) is 13.8 Å². The minimum atomic E-state index is 0.328. The molecule has 3 nitrogen and oxygen atoms in total. The lowest BCUT2D eigenvalue weighted by molar-refractivity contribution is 0.174. The number of benzene rings is 2. The van der Waals surface area contributed by atoms with Crippen molar-refractivity contribution in [3.63, 3.8) is 0 Å². The predicted octanol–water partition coefficient (Wildman–Crippen LogP) is 3.32. The summed E-state index contributed by atoms with van der Waals surface area (Å²) < 4.78 is 10.7. The van der Waals surface area contributed by atoms with Gasteiger partial charge in [0.05, 0.1) is 0 Å². The third kappa shape index (κ3) is 2.63. The maximum absolute atomic E-state index is 5.39. The zero-order valence-corrected chi connectivity index (χ0v) is 11.9. The fourth-order valence-corrected chi connectivity index (χ4v) is 2.40. The van der Waals surface area contributed by atoms with Crippen molar-refractivity contribution >= 4 is 0 Å². The van der Waals surface area contributed by atoms with Gasteiger partial charge < -0.3 is 14.8 Å². The van der Waals surface area contributed by atoms with Gasteiger partial charge in [-0.3, -0.25) is 0 Å². The van der Waals surface area contributed by atoms with E-state index in [-0.39, 0.29) is 0 Å². The Labute approximate surface area is 119 Å². The molecule has 0 atom stereocenters. The fourth-order valence-electron chi connectivity index (χ4n) is 2.40. The van der Waals surface area contributed by atoms with Gasteiger partial charge in [0.1, 0.15) is 0 Å². The molecule has 0 aromatic heterocycles. The molecule has 1 N–H and O–H groups in total. The lowest BCUT2D eigenvalue weighted by Crippen LogP contribution is -2.13. The van der Waals surface area contributed by atoms with Crippen LogP contribution in [0.25, 0.3) is 0 Å². The van der Waals surface area contributed by atoms with Crippen LogP contribution in [-0.2, 0) is 13.1 Å². The van der Waals surface area contributed by atoms with E-state index < -0.39 is 0 Å². The maximum atomic E-state index is 5.39. The van der Waals surface area contributed by atoms with Crippen molar-refractivity contribution < 1.29 is 9.47 Å². The van der Waals surface area contributed by atoms with Crippen LogP contribution in [0.1, 0.15) is 22.3 Å². The fraction of sp³-hybridized carbons (Fsp3) is 0.294. The van der Waals surface area contributed by atoms with Gasteiger partial charge >= 0.3 is 0 Å². The highest BCUT2D eigenvalue weighted by atomic mass is 16.7. The molecule has 3 heteroatoms. The van der Waals surface area contributed by atoms with Crippen molar-refractivity contribution in [1.29, 1.82) is 0 Å². The number of hydrogen-bond donors (Lipinski definition) is 1. The van der Waals surface area contributed by atoms with Gasteiger partial charge in [0, 0.05) is 13.1 Å². The number of rotatable bonds is 4. The summed E-state index contributed by atoms with van der Waals surface area (Å²) in [4.78, 5) is 0. The summed E-state index contributed by atoms with van der Waals surface area (Å²) in [7, 11) is 0. The summed E-state index contributed by atoms with van der Waals surface area (Å²) in [5.41, 5.74) is 5.27. The molecule has 0 radical (unpaired) electrons. The van der Waals surface area contributed by atoms with Crippen molar-refractivity contribution in [2.45, 2.75) is 26.9 Å². The van der Waals surface area contributed by atoms with Gasteiger partial charge in [-0.05, 0) is 48.2 Å². The summed E-state index contributed by atoms with van der Waals surface area (Å²) in [5, 5.41) is 3.48. The number of fused-ring (bicyclic) bond motifs is 1. The van der Waals surface area contributed by atoms with Gasteiger partial charge in [0.2, 0.25) is 6.79 Å². The molecule has 0 spiro atoms. The predicted molar refractivity (Wildman–Crippen MR) is 79.0 cm³/mol. The van der Waals surface area contributed by atoms with Crippen molar-refractivity contribution in [1.82, 2.24) is 5.32 Å². The Kier molecular flexibility index (Phi) is 3.61. The average Bonchev–Trinajstić information content (AvgIpc) is 2.91. The SMILES string of the molecule is Cc1cccc(CNCc2ccc3c(c2)OCO3)c1C. The quantitative estimate of drug-likeness (QED) is 0.923. The smallest absolute Gasteiger partial charge is 0.231 e. The van der Waals surface area contributed by atoms with Gasteiger partial charge in [-0.2, -0.15) is 0 Å². The van der Waals surface area contributed by atoms with Gasteiger partial charge in [-0.25, -0.2) is 0 Å². The van der Waals surface area contributed by atoms with E-state index in [1.165, 1.54) is 22.3 Å². The lowest BCUT2D eigenvalue weighted by atomic mass is 10.0. The van der Waals surface area contributed by atoms with Crippen LogP contribution >= 0.6 is 0 Å². The Hall–Kier alpha value is -2.00. The van der Waals surface area contributed by atoms with Crippen LogP contribution in [0.3, 0.4) is 0 Å². The van der Waals surface area contributed by atoms with E-state index in [9.17, 15) is 0 Å². The average molecular weight is 269 g/mol. The highest BCUT2D eigenvalue weighted by molar-refractivity contribution is 5.44. The second-order valence-electron chi connectivity index (χ2n) is 5.15. The Morgan fingerprint density at radius 2 is 1.85 bits per heavy atom. The third-order valence-corrected chi connectivity index (χ3v) is 3.80. The molecule has 0 bridgehead atoms. The van der Waals surface area contributed by atoms with Crippen LogP contribution in [-0.4, -0.2) is 6.79 Å². The largest absolute Gasteiger partial charge is 0.454 e. The van der Waals surface area contributed by atoms with E-state index in [1.807, 2.05) is 12.1 Å². The van der Waals surface area contributed by atoms with Crippen LogP contribution in [0.5, 0.6) is 11.5 Å². The van der Waals surface area contributed by atoms with Crippen molar-refractivity contribution in [3.8, 4) is 11.5 Å². The Bertz CT molecular complexity index is 622. The van der Waals surface area contributed by atoms with E-state index in [0.717, 1.165) is 24.6 Å². The van der Waals surface area contributed by atoms with Crippen molar-refractivity contribution in [2.24, 2.45) is 0 Å². The highest BCUT2D eigenvalue weighted by Crippen LogP contribution is 2.32. The molecule has 1 aliphatic heterocycles. The summed E-state index contributed by atoms with van der Waals surface area (Å²) in [6.07, 6.45) is 0. The van der Waals surface area contributed by atoms with Gasteiger partial charge in [0.25, 0.3) is 0 Å². The Morgan fingerprint density at radius 1 is 1.00 bits per heavy atom. The van der Waals surface area contributed by atoms with Crippen LogP contribution in [0.15, 0.2) is 36.4 Å². The number of aryl methyl sites for hydroxylation is 1. The van der Waals surface area contributed by atoms with Crippen LogP contribution in [0.2, 0.25) is 0 Å². The number of ether oxygens (including phenoxy) is 2. The Balaban J connectivity index is 1.61. The normalized spacial score (nSPS) is 12.7. The lowest BCUT2D eigenvalue weighted by Gasteiger charge is -2.10. The first-order valence-corrected chi connectivity index (χ1v) is 6.88. The molecule has 0 fully saturated rings. The highest BCUT2D eigenvalue weighted by Gasteiger charge is 2.12. The van der Waals surface area contributed by atoms with E-state index in [4.69, 9.17) is 9.47 Å². The minimum absolute atomic E-state index is 0.328. The van der Waals surface area contributed by atoms with E-state index in [0.29, 0.717) is 6.79 Å². The molecule has 1 heterocycles. The van der Waals surface area contributed by atoms with Gasteiger partial charge in [-0.1, -0.05) is 24.3 Å². The molecule has 0 amide bonds. The van der Waals surface area contributed by atoms with E-state index in [2.05, 4.69) is 43.4 Å². The molecule has 2 aromatic rings. The number of nitrogens with one attached hydrogen (secondary N) is 1. The van der Waals surface area contributed by atoms with E-state index >= 15 is 0 Å². The van der Waals surface area contributed by atoms with E-state index in [1.54, 1.807) is 0 Å². The summed E-state index contributed by atoms with van der Waals surface area (Å²) in [6, 6.07) is 12.5. The van der Waals surface area contributed by atoms with Gasteiger partial charge in [-0.15, -0.1) is 0 Å². The zero-order valence-electron chi connectivity index (χ0n) is 11.9. The third-order valence-electron chi connectivity index (χ3n) is 3.80. The molecule has 2 aromatic carbocycles. The molecule has 0 saturated carbocycles. The molecule has 3 rings (SSSR count). The monoisotopic (exact) mass is 269 g/mol. The van der Waals surface area contributed by atoms with Crippen molar-refractivity contribution in [3.05, 3.63) is 58.7 Å². The molecular formula is C17H19NO2.